The Morgan fingerprint density at radius 2 is 1.48 bits per heavy atom. The predicted octanol–water partition coefficient (Wildman–Crippen LogP) is 6.52. The predicted molar refractivity (Wildman–Crippen MR) is 123 cm³/mol. The van der Waals surface area contributed by atoms with Crippen molar-refractivity contribution in [2.24, 2.45) is 0 Å². The van der Waals surface area contributed by atoms with E-state index in [-0.39, 0.29) is 12.4 Å². The number of hydrogen-bond acceptors (Lipinski definition) is 4. The first-order valence-corrected chi connectivity index (χ1v) is 10.9. The third-order valence-electron chi connectivity index (χ3n) is 5.84. The Balaban J connectivity index is 1.37. The standard InChI is InChI=1S/C27H27NO3/c29-26(22-17-15-21(16-18-22)20-9-3-1-4-10-20)19-31-27(30)24-13-7-8-14-25(24)28-23-11-5-2-6-12-23/h2,5-8,11-18,20,28H,1,3-4,9-10,19H2. The molecule has 0 bridgehead atoms. The highest BCUT2D eigenvalue weighted by atomic mass is 16.5. The van der Waals surface area contributed by atoms with Crippen LogP contribution in [-0.2, 0) is 4.74 Å². The second-order valence-corrected chi connectivity index (χ2v) is 7.99. The number of anilines is 2. The lowest BCUT2D eigenvalue weighted by atomic mass is 9.84. The summed E-state index contributed by atoms with van der Waals surface area (Å²) in [6, 6.07) is 24.5. The van der Waals surface area contributed by atoms with Crippen molar-refractivity contribution in [3.63, 3.8) is 0 Å². The van der Waals surface area contributed by atoms with Crippen LogP contribution in [0.25, 0.3) is 0 Å². The van der Waals surface area contributed by atoms with Gasteiger partial charge in [0.15, 0.2) is 12.4 Å². The molecule has 4 rings (SSSR count). The van der Waals surface area contributed by atoms with Crippen LogP contribution in [0.3, 0.4) is 0 Å². The van der Waals surface area contributed by atoms with Crippen molar-refractivity contribution >= 4 is 23.1 Å². The van der Waals surface area contributed by atoms with E-state index in [1.807, 2.05) is 66.7 Å². The van der Waals surface area contributed by atoms with E-state index in [0.29, 0.717) is 22.7 Å². The summed E-state index contributed by atoms with van der Waals surface area (Å²) < 4.78 is 5.34. The van der Waals surface area contributed by atoms with Gasteiger partial charge in [0.25, 0.3) is 0 Å². The van der Waals surface area contributed by atoms with Gasteiger partial charge in [0, 0.05) is 11.3 Å². The summed E-state index contributed by atoms with van der Waals surface area (Å²) in [6.07, 6.45) is 6.33. The molecule has 0 unspecified atom stereocenters. The molecule has 0 spiro atoms. The smallest absolute Gasteiger partial charge is 0.340 e. The number of carbonyl (C=O) groups is 2. The number of para-hydroxylation sites is 2. The molecule has 0 saturated heterocycles. The molecule has 31 heavy (non-hydrogen) atoms. The normalized spacial score (nSPS) is 14.1. The topological polar surface area (TPSA) is 55.4 Å². The summed E-state index contributed by atoms with van der Waals surface area (Å²) in [5.74, 6) is -0.118. The highest BCUT2D eigenvalue weighted by molar-refractivity contribution is 6.01. The molecule has 0 amide bonds. The summed E-state index contributed by atoms with van der Waals surface area (Å²) in [6.45, 7) is -0.277. The first-order valence-electron chi connectivity index (χ1n) is 10.9. The lowest BCUT2D eigenvalue weighted by Crippen LogP contribution is -2.15. The Morgan fingerprint density at radius 1 is 0.806 bits per heavy atom. The van der Waals surface area contributed by atoms with E-state index in [0.717, 1.165) is 5.69 Å². The van der Waals surface area contributed by atoms with Crippen molar-refractivity contribution in [3.8, 4) is 0 Å². The minimum absolute atomic E-state index is 0.197. The van der Waals surface area contributed by atoms with Gasteiger partial charge < -0.3 is 10.1 Å². The Hall–Kier alpha value is -3.40. The van der Waals surface area contributed by atoms with Crippen LogP contribution >= 0.6 is 0 Å². The van der Waals surface area contributed by atoms with E-state index in [4.69, 9.17) is 4.74 Å². The van der Waals surface area contributed by atoms with Crippen LogP contribution in [0.5, 0.6) is 0 Å². The van der Waals surface area contributed by atoms with E-state index in [1.165, 1.54) is 37.7 Å². The summed E-state index contributed by atoms with van der Waals surface area (Å²) in [4.78, 5) is 25.2. The molecule has 0 aliphatic heterocycles. The molecular formula is C27H27NO3. The fourth-order valence-electron chi connectivity index (χ4n) is 4.12. The SMILES string of the molecule is O=C(COC(=O)c1ccccc1Nc1ccccc1)c1ccc(C2CCCCC2)cc1. The Morgan fingerprint density at radius 3 is 2.23 bits per heavy atom. The molecule has 1 fully saturated rings. The molecule has 0 aromatic heterocycles. The minimum Gasteiger partial charge on any atom is -0.454 e. The van der Waals surface area contributed by atoms with Gasteiger partial charge in [-0.2, -0.15) is 0 Å². The van der Waals surface area contributed by atoms with Crippen molar-refractivity contribution in [3.05, 3.63) is 95.6 Å². The third-order valence-corrected chi connectivity index (χ3v) is 5.84. The van der Waals surface area contributed by atoms with Gasteiger partial charge in [-0.15, -0.1) is 0 Å². The zero-order chi connectivity index (χ0) is 21.5. The summed E-state index contributed by atoms with van der Waals surface area (Å²) in [7, 11) is 0. The first kappa shape index (κ1) is 20.9. The number of ketones is 1. The van der Waals surface area contributed by atoms with Crippen molar-refractivity contribution in [1.82, 2.24) is 0 Å². The van der Waals surface area contributed by atoms with Gasteiger partial charge in [-0.05, 0) is 48.6 Å². The highest BCUT2D eigenvalue weighted by Gasteiger charge is 2.18. The number of carbonyl (C=O) groups excluding carboxylic acids is 2. The van der Waals surface area contributed by atoms with E-state index >= 15 is 0 Å². The molecule has 158 valence electrons. The molecule has 4 nitrogen and oxygen atoms in total. The fourth-order valence-corrected chi connectivity index (χ4v) is 4.12. The minimum atomic E-state index is -0.522. The molecule has 1 aliphatic rings. The molecule has 1 aliphatic carbocycles. The number of nitrogens with one attached hydrogen (secondary N) is 1. The van der Waals surface area contributed by atoms with Crippen LogP contribution in [0.2, 0.25) is 0 Å². The summed E-state index contributed by atoms with van der Waals surface area (Å²) in [5.41, 5.74) is 3.78. The maximum absolute atomic E-state index is 12.6. The van der Waals surface area contributed by atoms with E-state index < -0.39 is 5.97 Å². The molecule has 4 heteroatoms. The van der Waals surface area contributed by atoms with Crippen LogP contribution in [0.4, 0.5) is 11.4 Å². The molecule has 3 aromatic carbocycles. The second-order valence-electron chi connectivity index (χ2n) is 7.99. The molecular weight excluding hydrogens is 386 g/mol. The molecule has 0 atom stereocenters. The maximum Gasteiger partial charge on any atom is 0.340 e. The average Bonchev–Trinajstić information content (AvgIpc) is 2.84. The van der Waals surface area contributed by atoms with Gasteiger partial charge in [-0.25, -0.2) is 4.79 Å². The highest BCUT2D eigenvalue weighted by Crippen LogP contribution is 2.32. The van der Waals surface area contributed by atoms with Gasteiger partial charge >= 0.3 is 5.97 Å². The van der Waals surface area contributed by atoms with Gasteiger partial charge in [-0.3, -0.25) is 4.79 Å². The van der Waals surface area contributed by atoms with Gasteiger partial charge in [-0.1, -0.05) is 73.9 Å². The van der Waals surface area contributed by atoms with Crippen LogP contribution in [0.15, 0.2) is 78.9 Å². The van der Waals surface area contributed by atoms with Gasteiger partial charge in [0.05, 0.1) is 11.3 Å². The molecule has 0 heterocycles. The fraction of sp³-hybridized carbons (Fsp3) is 0.259. The molecule has 1 N–H and O–H groups in total. The van der Waals surface area contributed by atoms with Gasteiger partial charge in [0.2, 0.25) is 0 Å². The zero-order valence-corrected chi connectivity index (χ0v) is 17.6. The Labute approximate surface area is 183 Å². The quantitative estimate of drug-likeness (QED) is 0.354. The van der Waals surface area contributed by atoms with Crippen molar-refractivity contribution in [2.45, 2.75) is 38.0 Å². The van der Waals surface area contributed by atoms with E-state index in [2.05, 4.69) is 5.32 Å². The number of ether oxygens (including phenoxy) is 1. The molecule has 1 saturated carbocycles. The number of rotatable bonds is 7. The van der Waals surface area contributed by atoms with E-state index in [9.17, 15) is 9.59 Å². The van der Waals surface area contributed by atoms with Gasteiger partial charge in [0.1, 0.15) is 0 Å². The first-order chi connectivity index (χ1) is 15.2. The Kier molecular flexibility index (Phi) is 6.78. The van der Waals surface area contributed by atoms with Crippen molar-refractivity contribution < 1.29 is 14.3 Å². The second kappa shape index (κ2) is 10.1. The zero-order valence-electron chi connectivity index (χ0n) is 17.6. The van der Waals surface area contributed by atoms with Crippen LogP contribution < -0.4 is 5.32 Å². The van der Waals surface area contributed by atoms with E-state index in [1.54, 1.807) is 12.1 Å². The third kappa shape index (κ3) is 5.40. The number of Topliss-reactive ketones (excluding diaryl/α,β-unsaturated/α-hetero) is 1. The van der Waals surface area contributed by atoms with Crippen molar-refractivity contribution in [2.75, 3.05) is 11.9 Å². The van der Waals surface area contributed by atoms with Crippen molar-refractivity contribution in [1.29, 1.82) is 0 Å². The van der Waals surface area contributed by atoms with Crippen LogP contribution in [-0.4, -0.2) is 18.4 Å². The number of esters is 1. The molecule has 0 radical (unpaired) electrons. The average molecular weight is 414 g/mol. The monoisotopic (exact) mass is 413 g/mol. The maximum atomic E-state index is 12.6. The lowest BCUT2D eigenvalue weighted by molar-refractivity contribution is 0.0475. The molecule has 3 aromatic rings. The number of benzene rings is 3. The lowest BCUT2D eigenvalue weighted by Gasteiger charge is -2.22. The number of hydrogen-bond donors (Lipinski definition) is 1. The summed E-state index contributed by atoms with van der Waals surface area (Å²) >= 11 is 0. The van der Waals surface area contributed by atoms with Crippen LogP contribution in [0, 0.1) is 0 Å². The van der Waals surface area contributed by atoms with Crippen LogP contribution in [0.1, 0.15) is 64.3 Å². The Bertz CT molecular complexity index is 1020. The summed E-state index contributed by atoms with van der Waals surface area (Å²) in [5, 5.41) is 3.22. The largest absolute Gasteiger partial charge is 0.454 e.